The first-order valence-electron chi connectivity index (χ1n) is 8.20. The number of hydrogen-bond acceptors (Lipinski definition) is 5. The van der Waals surface area contributed by atoms with E-state index < -0.39 is 5.60 Å². The van der Waals surface area contributed by atoms with Gasteiger partial charge in [0.05, 0.1) is 0 Å². The number of nitrogens with zero attached hydrogens (tertiary/aromatic N) is 4. The lowest BCUT2D eigenvalue weighted by atomic mass is 9.93. The van der Waals surface area contributed by atoms with Crippen LogP contribution in [-0.2, 0) is 4.74 Å². The Bertz CT molecular complexity index is 616. The molecule has 7 heteroatoms. The molecule has 3 rings (SSSR count). The van der Waals surface area contributed by atoms with E-state index in [4.69, 9.17) is 4.74 Å². The SMILES string of the molecule is CC1C=C(C2CCCN(C(=O)OC(C)(C)C)C2)n2ncnc2N1. The second-order valence-corrected chi connectivity index (χ2v) is 7.29. The largest absolute Gasteiger partial charge is 0.444 e. The molecular weight excluding hydrogens is 294 g/mol. The van der Waals surface area contributed by atoms with E-state index in [1.807, 2.05) is 30.4 Å². The van der Waals surface area contributed by atoms with E-state index in [0.717, 1.165) is 31.0 Å². The number of aromatic nitrogens is 3. The molecule has 2 aliphatic heterocycles. The fourth-order valence-electron chi connectivity index (χ4n) is 3.12. The van der Waals surface area contributed by atoms with Gasteiger partial charge in [0.2, 0.25) is 5.95 Å². The first-order valence-corrected chi connectivity index (χ1v) is 8.20. The summed E-state index contributed by atoms with van der Waals surface area (Å²) in [6.45, 7) is 9.18. The monoisotopic (exact) mass is 319 g/mol. The van der Waals surface area contributed by atoms with Gasteiger partial charge in [0.15, 0.2) is 0 Å². The summed E-state index contributed by atoms with van der Waals surface area (Å²) in [5, 5.41) is 7.60. The minimum Gasteiger partial charge on any atom is -0.444 e. The topological polar surface area (TPSA) is 72.3 Å². The number of piperidine rings is 1. The van der Waals surface area contributed by atoms with Crippen molar-refractivity contribution in [2.24, 2.45) is 5.92 Å². The Labute approximate surface area is 136 Å². The van der Waals surface area contributed by atoms with E-state index >= 15 is 0 Å². The standard InChI is InChI=1S/C16H25N5O2/c1-11-8-13(21-14(19-11)17-10-18-21)12-6-5-7-20(9-12)15(22)23-16(2,3)4/h8,10-12H,5-7,9H2,1-4H3,(H,17,18,19). The Morgan fingerprint density at radius 3 is 2.96 bits per heavy atom. The smallest absolute Gasteiger partial charge is 0.410 e. The van der Waals surface area contributed by atoms with Gasteiger partial charge in [-0.1, -0.05) is 0 Å². The molecule has 1 amide bonds. The van der Waals surface area contributed by atoms with Gasteiger partial charge in [-0.25, -0.2) is 9.48 Å². The van der Waals surface area contributed by atoms with Crippen LogP contribution in [0.15, 0.2) is 12.4 Å². The number of fused-ring (bicyclic) bond motifs is 1. The molecule has 23 heavy (non-hydrogen) atoms. The zero-order chi connectivity index (χ0) is 16.6. The number of amides is 1. The number of rotatable bonds is 1. The molecule has 7 nitrogen and oxygen atoms in total. The molecule has 0 bridgehead atoms. The highest BCUT2D eigenvalue weighted by Crippen LogP contribution is 2.31. The van der Waals surface area contributed by atoms with Crippen molar-refractivity contribution >= 4 is 17.7 Å². The number of likely N-dealkylation sites (tertiary alicyclic amines) is 1. The van der Waals surface area contributed by atoms with E-state index in [9.17, 15) is 4.79 Å². The number of nitrogens with one attached hydrogen (secondary N) is 1. The van der Waals surface area contributed by atoms with Gasteiger partial charge >= 0.3 is 6.09 Å². The van der Waals surface area contributed by atoms with Gasteiger partial charge in [0, 0.05) is 30.7 Å². The summed E-state index contributed by atoms with van der Waals surface area (Å²) < 4.78 is 7.36. The van der Waals surface area contributed by atoms with E-state index in [-0.39, 0.29) is 18.1 Å². The molecule has 1 aromatic heterocycles. The Kier molecular flexibility index (Phi) is 4.04. The summed E-state index contributed by atoms with van der Waals surface area (Å²) in [6, 6.07) is 0.207. The molecular formula is C16H25N5O2. The molecule has 1 saturated heterocycles. The molecule has 2 atom stereocenters. The molecule has 2 aliphatic rings. The summed E-state index contributed by atoms with van der Waals surface area (Å²) >= 11 is 0. The molecule has 0 spiro atoms. The fourth-order valence-corrected chi connectivity index (χ4v) is 3.12. The zero-order valence-corrected chi connectivity index (χ0v) is 14.2. The van der Waals surface area contributed by atoms with Crippen molar-refractivity contribution in [2.75, 3.05) is 18.4 Å². The van der Waals surface area contributed by atoms with Gasteiger partial charge in [-0.2, -0.15) is 10.1 Å². The number of hydrogen-bond donors (Lipinski definition) is 1. The van der Waals surface area contributed by atoms with Crippen LogP contribution in [0, 0.1) is 5.92 Å². The van der Waals surface area contributed by atoms with E-state index in [0.29, 0.717) is 6.54 Å². The molecule has 3 heterocycles. The summed E-state index contributed by atoms with van der Waals surface area (Å²) in [5.74, 6) is 1.02. The average molecular weight is 319 g/mol. The van der Waals surface area contributed by atoms with Gasteiger partial charge in [0.1, 0.15) is 11.9 Å². The van der Waals surface area contributed by atoms with Crippen LogP contribution in [-0.4, -0.2) is 50.5 Å². The van der Waals surface area contributed by atoms with Crippen molar-refractivity contribution in [3.8, 4) is 0 Å². The second kappa shape index (κ2) is 5.86. The summed E-state index contributed by atoms with van der Waals surface area (Å²) in [6.07, 6.45) is 5.50. The molecule has 0 saturated carbocycles. The van der Waals surface area contributed by atoms with Crippen LogP contribution in [0.4, 0.5) is 10.7 Å². The molecule has 1 fully saturated rings. The van der Waals surface area contributed by atoms with Crippen LogP contribution < -0.4 is 5.32 Å². The van der Waals surface area contributed by atoms with Crippen molar-refractivity contribution in [2.45, 2.75) is 52.2 Å². The molecule has 1 aromatic rings. The fraction of sp³-hybridized carbons (Fsp3) is 0.688. The number of carbonyl (C=O) groups excluding carboxylic acids is 1. The quantitative estimate of drug-likeness (QED) is 0.861. The Balaban J connectivity index is 1.75. The van der Waals surface area contributed by atoms with Gasteiger partial charge in [-0.05, 0) is 46.6 Å². The first kappa shape index (κ1) is 15.8. The Morgan fingerprint density at radius 2 is 2.22 bits per heavy atom. The Morgan fingerprint density at radius 1 is 1.43 bits per heavy atom. The number of carbonyl (C=O) groups is 1. The minimum atomic E-state index is -0.467. The van der Waals surface area contributed by atoms with Gasteiger partial charge < -0.3 is 15.0 Å². The normalized spacial score (nSPS) is 24.5. The van der Waals surface area contributed by atoms with Gasteiger partial charge in [-0.15, -0.1) is 0 Å². The summed E-state index contributed by atoms with van der Waals surface area (Å²) in [7, 11) is 0. The maximum absolute atomic E-state index is 12.3. The Hall–Kier alpha value is -2.05. The van der Waals surface area contributed by atoms with Crippen molar-refractivity contribution in [1.29, 1.82) is 0 Å². The lowest BCUT2D eigenvalue weighted by Gasteiger charge is -2.36. The highest BCUT2D eigenvalue weighted by atomic mass is 16.6. The molecule has 0 aliphatic carbocycles. The number of ether oxygens (including phenoxy) is 1. The van der Waals surface area contributed by atoms with Crippen molar-refractivity contribution in [3.05, 3.63) is 12.4 Å². The lowest BCUT2D eigenvalue weighted by molar-refractivity contribution is 0.0188. The second-order valence-electron chi connectivity index (χ2n) is 7.29. The van der Waals surface area contributed by atoms with E-state index in [1.165, 1.54) is 0 Å². The van der Waals surface area contributed by atoms with Crippen LogP contribution in [0.3, 0.4) is 0 Å². The third-order valence-electron chi connectivity index (χ3n) is 4.06. The molecule has 0 aromatic carbocycles. The van der Waals surface area contributed by atoms with Crippen LogP contribution in [0.25, 0.3) is 5.70 Å². The third-order valence-corrected chi connectivity index (χ3v) is 4.06. The van der Waals surface area contributed by atoms with Gasteiger partial charge in [-0.3, -0.25) is 0 Å². The maximum Gasteiger partial charge on any atom is 0.410 e. The molecule has 126 valence electrons. The highest BCUT2D eigenvalue weighted by Gasteiger charge is 2.32. The van der Waals surface area contributed by atoms with Crippen molar-refractivity contribution in [3.63, 3.8) is 0 Å². The van der Waals surface area contributed by atoms with Crippen LogP contribution >= 0.6 is 0 Å². The van der Waals surface area contributed by atoms with Crippen LogP contribution in [0.5, 0.6) is 0 Å². The number of anilines is 1. The van der Waals surface area contributed by atoms with Crippen LogP contribution in [0.1, 0.15) is 40.5 Å². The molecule has 0 radical (unpaired) electrons. The summed E-state index contributed by atoms with van der Waals surface area (Å²) in [4.78, 5) is 18.4. The van der Waals surface area contributed by atoms with Gasteiger partial charge in [0.25, 0.3) is 0 Å². The zero-order valence-electron chi connectivity index (χ0n) is 14.2. The predicted molar refractivity (Wildman–Crippen MR) is 87.9 cm³/mol. The predicted octanol–water partition coefficient (Wildman–Crippen LogP) is 2.58. The first-order chi connectivity index (χ1) is 10.8. The molecule has 2 unspecified atom stereocenters. The third kappa shape index (κ3) is 3.48. The highest BCUT2D eigenvalue weighted by molar-refractivity contribution is 5.69. The summed E-state index contributed by atoms with van der Waals surface area (Å²) in [5.41, 5.74) is 0.656. The average Bonchev–Trinajstić information content (AvgIpc) is 2.92. The minimum absolute atomic E-state index is 0.207. The maximum atomic E-state index is 12.3. The van der Waals surface area contributed by atoms with Crippen molar-refractivity contribution in [1.82, 2.24) is 19.7 Å². The van der Waals surface area contributed by atoms with E-state index in [2.05, 4.69) is 28.4 Å². The lowest BCUT2D eigenvalue weighted by Crippen LogP contribution is -2.44. The van der Waals surface area contributed by atoms with Crippen molar-refractivity contribution < 1.29 is 9.53 Å². The van der Waals surface area contributed by atoms with E-state index in [1.54, 1.807) is 6.33 Å². The molecule has 1 N–H and O–H groups in total. The van der Waals surface area contributed by atoms with Crippen LogP contribution in [0.2, 0.25) is 0 Å².